The summed E-state index contributed by atoms with van der Waals surface area (Å²) in [4.78, 5) is 11.6. The van der Waals surface area contributed by atoms with Gasteiger partial charge in [0.1, 0.15) is 11.0 Å². The first-order valence-electron chi connectivity index (χ1n) is 4.51. The quantitative estimate of drug-likeness (QED) is 0.755. The molecule has 2 heterocycles. The smallest absolute Gasteiger partial charge is 0.179 e. The number of nitrogens with one attached hydrogen (secondary N) is 1. The van der Waals surface area contributed by atoms with E-state index in [2.05, 4.69) is 15.0 Å². The maximum atomic E-state index is 5.75. The molecule has 5 heteroatoms. The molecule has 0 fully saturated rings. The minimum atomic E-state index is 0.467. The second-order valence-electron chi connectivity index (χ2n) is 3.08. The van der Waals surface area contributed by atoms with Gasteiger partial charge in [-0.05, 0) is 25.1 Å². The van der Waals surface area contributed by atoms with E-state index in [0.29, 0.717) is 17.3 Å². The van der Waals surface area contributed by atoms with Crippen molar-refractivity contribution in [3.8, 4) is 0 Å². The van der Waals surface area contributed by atoms with E-state index in [-0.39, 0.29) is 0 Å². The summed E-state index contributed by atoms with van der Waals surface area (Å²) in [6.45, 7) is 0.672. The Bertz CT molecular complexity index is 437. The highest BCUT2D eigenvalue weighted by Crippen LogP contribution is 2.13. The average Bonchev–Trinajstić information content (AvgIpc) is 2.56. The second kappa shape index (κ2) is 3.94. The van der Waals surface area contributed by atoms with Crippen molar-refractivity contribution in [1.82, 2.24) is 15.0 Å². The molecule has 0 aliphatic rings. The van der Waals surface area contributed by atoms with Gasteiger partial charge in [-0.25, -0.2) is 9.97 Å². The molecule has 0 atom stereocenters. The van der Waals surface area contributed by atoms with Crippen LogP contribution in [-0.4, -0.2) is 21.5 Å². The van der Waals surface area contributed by atoms with E-state index in [9.17, 15) is 0 Å². The zero-order valence-electron chi connectivity index (χ0n) is 7.63. The highest BCUT2D eigenvalue weighted by atomic mass is 35.5. The molecule has 3 N–H and O–H groups in total. The SMILES string of the molecule is NCCCc1nc2nc(Cl)ccc2[nH]1. The summed E-state index contributed by atoms with van der Waals surface area (Å²) in [7, 11) is 0. The van der Waals surface area contributed by atoms with Crippen LogP contribution in [0.5, 0.6) is 0 Å². The summed E-state index contributed by atoms with van der Waals surface area (Å²) < 4.78 is 0. The lowest BCUT2D eigenvalue weighted by atomic mass is 10.3. The maximum absolute atomic E-state index is 5.75. The number of aromatic nitrogens is 3. The standard InChI is InChI=1S/C9H11ClN4/c10-7-4-3-6-9(13-7)14-8(12-6)2-1-5-11/h3-4H,1-2,5,11H2,(H,12,13,14). The van der Waals surface area contributed by atoms with Crippen molar-refractivity contribution in [1.29, 1.82) is 0 Å². The minimum absolute atomic E-state index is 0.467. The van der Waals surface area contributed by atoms with Crippen LogP contribution in [0, 0.1) is 0 Å². The molecule has 2 aromatic rings. The van der Waals surface area contributed by atoms with Crippen molar-refractivity contribution in [2.45, 2.75) is 12.8 Å². The van der Waals surface area contributed by atoms with Crippen LogP contribution in [0.4, 0.5) is 0 Å². The molecular formula is C9H11ClN4. The molecule has 14 heavy (non-hydrogen) atoms. The number of pyridine rings is 1. The van der Waals surface area contributed by atoms with E-state index in [0.717, 1.165) is 24.2 Å². The van der Waals surface area contributed by atoms with Gasteiger partial charge in [0.15, 0.2) is 5.65 Å². The summed E-state index contributed by atoms with van der Waals surface area (Å²) >= 11 is 5.75. The van der Waals surface area contributed by atoms with E-state index in [4.69, 9.17) is 17.3 Å². The van der Waals surface area contributed by atoms with E-state index in [1.54, 1.807) is 6.07 Å². The number of aryl methyl sites for hydroxylation is 1. The van der Waals surface area contributed by atoms with Gasteiger partial charge in [0.05, 0.1) is 5.52 Å². The van der Waals surface area contributed by atoms with Crippen molar-refractivity contribution in [3.63, 3.8) is 0 Å². The molecule has 0 radical (unpaired) electrons. The Morgan fingerprint density at radius 1 is 1.36 bits per heavy atom. The summed E-state index contributed by atoms with van der Waals surface area (Å²) in [5.41, 5.74) is 7.01. The zero-order valence-corrected chi connectivity index (χ0v) is 8.38. The predicted molar refractivity (Wildman–Crippen MR) is 56.3 cm³/mol. The van der Waals surface area contributed by atoms with Gasteiger partial charge < -0.3 is 10.7 Å². The third-order valence-corrected chi connectivity index (χ3v) is 2.19. The lowest BCUT2D eigenvalue weighted by molar-refractivity contribution is 0.796. The predicted octanol–water partition coefficient (Wildman–Crippen LogP) is 1.50. The Morgan fingerprint density at radius 2 is 2.21 bits per heavy atom. The third kappa shape index (κ3) is 1.86. The fraction of sp³-hybridized carbons (Fsp3) is 0.333. The number of halogens is 1. The van der Waals surface area contributed by atoms with Crippen molar-refractivity contribution in [3.05, 3.63) is 23.1 Å². The second-order valence-corrected chi connectivity index (χ2v) is 3.47. The Morgan fingerprint density at radius 3 is 3.00 bits per heavy atom. The fourth-order valence-electron chi connectivity index (χ4n) is 1.31. The highest BCUT2D eigenvalue weighted by molar-refractivity contribution is 6.29. The van der Waals surface area contributed by atoms with Crippen LogP contribution in [0.3, 0.4) is 0 Å². The monoisotopic (exact) mass is 210 g/mol. The Balaban J connectivity index is 2.32. The van der Waals surface area contributed by atoms with E-state index in [1.807, 2.05) is 6.07 Å². The molecule has 0 bridgehead atoms. The summed E-state index contributed by atoms with van der Waals surface area (Å²) in [5.74, 6) is 0.917. The highest BCUT2D eigenvalue weighted by Gasteiger charge is 2.03. The number of hydrogen-bond acceptors (Lipinski definition) is 3. The van der Waals surface area contributed by atoms with Crippen molar-refractivity contribution < 1.29 is 0 Å². The van der Waals surface area contributed by atoms with Gasteiger partial charge in [-0.1, -0.05) is 11.6 Å². The van der Waals surface area contributed by atoms with Crippen LogP contribution < -0.4 is 5.73 Å². The summed E-state index contributed by atoms with van der Waals surface area (Å²) in [6.07, 6.45) is 1.78. The van der Waals surface area contributed by atoms with Crippen LogP contribution in [0.25, 0.3) is 11.2 Å². The van der Waals surface area contributed by atoms with E-state index in [1.165, 1.54) is 0 Å². The van der Waals surface area contributed by atoms with Gasteiger partial charge in [0.25, 0.3) is 0 Å². The molecule has 0 saturated carbocycles. The van der Waals surface area contributed by atoms with Gasteiger partial charge in [-0.2, -0.15) is 0 Å². The number of hydrogen-bond donors (Lipinski definition) is 2. The van der Waals surface area contributed by atoms with Crippen LogP contribution >= 0.6 is 11.6 Å². The Kier molecular flexibility index (Phi) is 2.65. The molecular weight excluding hydrogens is 200 g/mol. The van der Waals surface area contributed by atoms with Gasteiger partial charge in [0.2, 0.25) is 0 Å². The molecule has 0 amide bonds. The molecule has 4 nitrogen and oxygen atoms in total. The normalized spacial score (nSPS) is 11.0. The number of aromatic amines is 1. The lowest BCUT2D eigenvalue weighted by Gasteiger charge is -1.90. The number of nitrogens with zero attached hydrogens (tertiary/aromatic N) is 2. The van der Waals surface area contributed by atoms with Gasteiger partial charge in [-0.3, -0.25) is 0 Å². The molecule has 0 spiro atoms. The molecule has 2 rings (SSSR count). The van der Waals surface area contributed by atoms with Gasteiger partial charge in [-0.15, -0.1) is 0 Å². The Hall–Kier alpha value is -1.13. The lowest BCUT2D eigenvalue weighted by Crippen LogP contribution is -2.01. The largest absolute Gasteiger partial charge is 0.341 e. The van der Waals surface area contributed by atoms with Crippen LogP contribution in [0.2, 0.25) is 5.15 Å². The van der Waals surface area contributed by atoms with Crippen LogP contribution in [0.15, 0.2) is 12.1 Å². The molecule has 0 saturated heterocycles. The van der Waals surface area contributed by atoms with Crippen LogP contribution in [-0.2, 0) is 6.42 Å². The van der Waals surface area contributed by atoms with E-state index >= 15 is 0 Å². The number of rotatable bonds is 3. The van der Waals surface area contributed by atoms with Crippen molar-refractivity contribution >= 4 is 22.8 Å². The van der Waals surface area contributed by atoms with Crippen molar-refractivity contribution in [2.75, 3.05) is 6.54 Å². The molecule has 0 unspecified atom stereocenters. The topological polar surface area (TPSA) is 67.6 Å². The first-order valence-corrected chi connectivity index (χ1v) is 4.88. The zero-order chi connectivity index (χ0) is 9.97. The van der Waals surface area contributed by atoms with Crippen LogP contribution in [0.1, 0.15) is 12.2 Å². The summed E-state index contributed by atoms with van der Waals surface area (Å²) in [6, 6.07) is 3.62. The molecule has 0 aromatic carbocycles. The molecule has 0 aliphatic heterocycles. The maximum Gasteiger partial charge on any atom is 0.179 e. The van der Waals surface area contributed by atoms with Gasteiger partial charge in [0, 0.05) is 6.42 Å². The number of imidazole rings is 1. The fourth-order valence-corrected chi connectivity index (χ4v) is 1.45. The van der Waals surface area contributed by atoms with Gasteiger partial charge >= 0.3 is 0 Å². The minimum Gasteiger partial charge on any atom is -0.341 e. The molecule has 2 aromatic heterocycles. The third-order valence-electron chi connectivity index (χ3n) is 1.98. The van der Waals surface area contributed by atoms with E-state index < -0.39 is 0 Å². The summed E-state index contributed by atoms with van der Waals surface area (Å²) in [5, 5.41) is 0.467. The first kappa shape index (κ1) is 9.43. The first-order chi connectivity index (χ1) is 6.79. The Labute approximate surface area is 86.5 Å². The molecule has 74 valence electrons. The average molecular weight is 211 g/mol. The van der Waals surface area contributed by atoms with Crippen molar-refractivity contribution in [2.24, 2.45) is 5.73 Å². The number of nitrogens with two attached hydrogens (primary N) is 1. The number of fused-ring (bicyclic) bond motifs is 1. The number of H-pyrrole nitrogens is 1. The molecule has 0 aliphatic carbocycles.